The number of nitrogens with zero attached hydrogens (tertiary/aromatic N) is 2. The summed E-state index contributed by atoms with van der Waals surface area (Å²) < 4.78 is 5.28. The first-order valence-corrected chi connectivity index (χ1v) is 7.17. The zero-order valence-corrected chi connectivity index (χ0v) is 16.1. The number of halogens is 1. The maximum absolute atomic E-state index is 5.28. The average molecular weight is 405 g/mol. The van der Waals surface area contributed by atoms with Gasteiger partial charge in [0, 0.05) is 27.2 Å². The third-order valence-electron chi connectivity index (χ3n) is 3.33. The second-order valence-electron chi connectivity index (χ2n) is 4.98. The lowest BCUT2D eigenvalue weighted by atomic mass is 10.1. The number of ether oxygens (including phenoxy) is 1. The molecule has 0 saturated heterocycles. The Labute approximate surface area is 146 Å². The van der Waals surface area contributed by atoms with Crippen LogP contribution in [0.2, 0.25) is 0 Å². The zero-order valence-electron chi connectivity index (χ0n) is 13.8. The van der Waals surface area contributed by atoms with E-state index in [9.17, 15) is 0 Å². The normalized spacial score (nSPS) is 10.8. The van der Waals surface area contributed by atoms with E-state index in [1.165, 1.54) is 18.4 Å². The molecule has 0 bridgehead atoms. The summed E-state index contributed by atoms with van der Waals surface area (Å²) >= 11 is 0. The quantitative estimate of drug-likeness (QED) is 0.448. The van der Waals surface area contributed by atoms with Gasteiger partial charge < -0.3 is 15.0 Å². The number of hydrogen-bond donors (Lipinski definition) is 1. The molecule has 1 N–H and O–H groups in total. The van der Waals surface area contributed by atoms with Crippen molar-refractivity contribution in [2.24, 2.45) is 4.99 Å². The van der Waals surface area contributed by atoms with E-state index in [2.05, 4.69) is 48.2 Å². The van der Waals surface area contributed by atoms with Crippen LogP contribution in [0.25, 0.3) is 0 Å². The van der Waals surface area contributed by atoms with Gasteiger partial charge >= 0.3 is 0 Å². The molecule has 0 amide bonds. The smallest absolute Gasteiger partial charge is 0.193 e. The van der Waals surface area contributed by atoms with Gasteiger partial charge in [0.05, 0.1) is 7.11 Å². The summed E-state index contributed by atoms with van der Waals surface area (Å²) in [5.41, 5.74) is 2.38. The van der Waals surface area contributed by atoms with Crippen LogP contribution in [-0.2, 0) is 6.54 Å². The highest BCUT2D eigenvalue weighted by molar-refractivity contribution is 14.0. The fourth-order valence-corrected chi connectivity index (χ4v) is 2.12. The molecule has 0 fully saturated rings. The highest BCUT2D eigenvalue weighted by Crippen LogP contribution is 2.18. The van der Waals surface area contributed by atoms with Crippen LogP contribution >= 0.6 is 24.0 Å². The van der Waals surface area contributed by atoms with Gasteiger partial charge in [-0.3, -0.25) is 4.99 Å². The Bertz CT molecular complexity index is 449. The van der Waals surface area contributed by atoms with Gasteiger partial charge in [-0.1, -0.05) is 25.5 Å². The van der Waals surface area contributed by atoms with E-state index in [0.29, 0.717) is 0 Å². The molecule has 1 aromatic rings. The number of methoxy groups -OCH3 is 1. The van der Waals surface area contributed by atoms with Crippen molar-refractivity contribution in [2.45, 2.75) is 33.2 Å². The van der Waals surface area contributed by atoms with Crippen LogP contribution in [0.4, 0.5) is 0 Å². The van der Waals surface area contributed by atoms with E-state index in [4.69, 9.17) is 4.74 Å². The number of aliphatic imine (C=N–C) groups is 1. The maximum atomic E-state index is 5.28. The molecule has 5 heteroatoms. The van der Waals surface area contributed by atoms with Crippen LogP contribution in [0.1, 0.15) is 30.9 Å². The predicted octanol–water partition coefficient (Wildman–Crippen LogP) is 3.43. The molecule has 0 spiro atoms. The minimum Gasteiger partial charge on any atom is -0.496 e. The van der Waals surface area contributed by atoms with Crippen molar-refractivity contribution in [3.05, 3.63) is 29.3 Å². The molecule has 0 aromatic heterocycles. The van der Waals surface area contributed by atoms with E-state index in [-0.39, 0.29) is 24.0 Å². The minimum atomic E-state index is 0. The Morgan fingerprint density at radius 1 is 1.38 bits per heavy atom. The predicted molar refractivity (Wildman–Crippen MR) is 101 cm³/mol. The van der Waals surface area contributed by atoms with Crippen LogP contribution in [0.5, 0.6) is 5.75 Å². The Morgan fingerprint density at radius 2 is 2.10 bits per heavy atom. The molecular weight excluding hydrogens is 377 g/mol. The van der Waals surface area contributed by atoms with Crippen molar-refractivity contribution >= 4 is 29.9 Å². The third-order valence-corrected chi connectivity index (χ3v) is 3.33. The number of hydrogen-bond acceptors (Lipinski definition) is 2. The molecule has 21 heavy (non-hydrogen) atoms. The summed E-state index contributed by atoms with van der Waals surface area (Å²) in [5.74, 6) is 1.87. The lowest BCUT2D eigenvalue weighted by Gasteiger charge is -2.22. The average Bonchev–Trinajstić information content (AvgIpc) is 2.45. The molecule has 1 rings (SSSR count). The number of unbranched alkanes of at least 4 members (excludes halogenated alkanes) is 1. The highest BCUT2D eigenvalue weighted by atomic mass is 127. The van der Waals surface area contributed by atoms with Crippen molar-refractivity contribution in [3.63, 3.8) is 0 Å². The highest BCUT2D eigenvalue weighted by Gasteiger charge is 2.05. The van der Waals surface area contributed by atoms with Gasteiger partial charge in [0.15, 0.2) is 5.96 Å². The summed E-state index contributed by atoms with van der Waals surface area (Å²) in [5, 5.41) is 3.39. The van der Waals surface area contributed by atoms with Crippen LogP contribution in [-0.4, -0.2) is 38.6 Å². The lowest BCUT2D eigenvalue weighted by Crippen LogP contribution is -2.38. The Morgan fingerprint density at radius 3 is 2.62 bits per heavy atom. The van der Waals surface area contributed by atoms with Crippen molar-refractivity contribution in [3.8, 4) is 5.75 Å². The third kappa shape index (κ3) is 6.54. The second-order valence-corrected chi connectivity index (χ2v) is 4.98. The largest absolute Gasteiger partial charge is 0.496 e. The Hall–Kier alpha value is -0.980. The Balaban J connectivity index is 0.00000400. The number of guanidine groups is 1. The lowest BCUT2D eigenvalue weighted by molar-refractivity contribution is 0.411. The van der Waals surface area contributed by atoms with Gasteiger partial charge in [0.2, 0.25) is 0 Å². The molecule has 0 atom stereocenters. The van der Waals surface area contributed by atoms with Crippen molar-refractivity contribution in [1.29, 1.82) is 0 Å². The summed E-state index contributed by atoms with van der Waals surface area (Å²) in [4.78, 5) is 6.49. The molecule has 0 unspecified atom stereocenters. The standard InChI is InChI=1S/C16H27N3O.HI/c1-6-7-10-19(4)16(17-3)18-12-14-8-9-15(20-5)13(2)11-14;/h8-9,11H,6-7,10,12H2,1-5H3,(H,17,18);1H. The summed E-state index contributed by atoms with van der Waals surface area (Å²) in [6.45, 7) is 6.06. The summed E-state index contributed by atoms with van der Waals surface area (Å²) in [7, 11) is 5.60. The van der Waals surface area contributed by atoms with Gasteiger partial charge in [-0.25, -0.2) is 0 Å². The SMILES string of the molecule is CCCCN(C)C(=NC)NCc1ccc(OC)c(C)c1.I. The van der Waals surface area contributed by atoms with Crippen LogP contribution in [0.3, 0.4) is 0 Å². The fraction of sp³-hybridized carbons (Fsp3) is 0.562. The first-order chi connectivity index (χ1) is 9.62. The van der Waals surface area contributed by atoms with Gasteiger partial charge in [0.1, 0.15) is 5.75 Å². The van der Waals surface area contributed by atoms with E-state index in [1.54, 1.807) is 7.11 Å². The van der Waals surface area contributed by atoms with Gasteiger partial charge in [-0.15, -0.1) is 24.0 Å². The Kier molecular flexibility index (Phi) is 10.2. The number of benzene rings is 1. The molecule has 4 nitrogen and oxygen atoms in total. The van der Waals surface area contributed by atoms with E-state index in [1.807, 2.05) is 13.1 Å². The summed E-state index contributed by atoms with van der Waals surface area (Å²) in [6, 6.07) is 6.24. The number of rotatable bonds is 6. The molecular formula is C16H28IN3O. The van der Waals surface area contributed by atoms with Gasteiger partial charge in [0.25, 0.3) is 0 Å². The van der Waals surface area contributed by atoms with E-state index in [0.717, 1.165) is 30.4 Å². The molecule has 0 saturated carbocycles. The molecule has 1 aromatic carbocycles. The molecule has 0 aliphatic heterocycles. The molecule has 0 heterocycles. The molecule has 0 aliphatic carbocycles. The molecule has 0 aliphatic rings. The van der Waals surface area contributed by atoms with Crippen molar-refractivity contribution < 1.29 is 4.74 Å². The fourth-order valence-electron chi connectivity index (χ4n) is 2.12. The van der Waals surface area contributed by atoms with Gasteiger partial charge in [-0.05, 0) is 30.5 Å². The van der Waals surface area contributed by atoms with Crippen LogP contribution in [0.15, 0.2) is 23.2 Å². The first kappa shape index (κ1) is 20.0. The first-order valence-electron chi connectivity index (χ1n) is 7.17. The zero-order chi connectivity index (χ0) is 15.0. The maximum Gasteiger partial charge on any atom is 0.193 e. The number of nitrogens with one attached hydrogen (secondary N) is 1. The van der Waals surface area contributed by atoms with Crippen LogP contribution in [0, 0.1) is 6.92 Å². The van der Waals surface area contributed by atoms with Crippen molar-refractivity contribution in [2.75, 3.05) is 27.7 Å². The summed E-state index contributed by atoms with van der Waals surface area (Å²) in [6.07, 6.45) is 2.37. The molecule has 0 radical (unpaired) electrons. The number of aryl methyl sites for hydroxylation is 1. The van der Waals surface area contributed by atoms with E-state index < -0.39 is 0 Å². The minimum absolute atomic E-state index is 0. The monoisotopic (exact) mass is 405 g/mol. The van der Waals surface area contributed by atoms with Crippen LogP contribution < -0.4 is 10.1 Å². The molecule has 120 valence electrons. The topological polar surface area (TPSA) is 36.9 Å². The van der Waals surface area contributed by atoms with Crippen molar-refractivity contribution in [1.82, 2.24) is 10.2 Å². The van der Waals surface area contributed by atoms with Gasteiger partial charge in [-0.2, -0.15) is 0 Å². The van der Waals surface area contributed by atoms with E-state index >= 15 is 0 Å². The second kappa shape index (κ2) is 10.7.